The van der Waals surface area contributed by atoms with Crippen molar-refractivity contribution in [2.45, 2.75) is 58.0 Å². The molecule has 112 valence electrons. The predicted octanol–water partition coefficient (Wildman–Crippen LogP) is 2.45. The number of nitrogens with zero attached hydrogens (tertiary/aromatic N) is 3. The van der Waals surface area contributed by atoms with Gasteiger partial charge in [0.05, 0.1) is 5.92 Å². The van der Waals surface area contributed by atoms with Gasteiger partial charge in [-0.15, -0.1) is 10.2 Å². The molecule has 20 heavy (non-hydrogen) atoms. The molecule has 2 atom stereocenters. The Kier molecular flexibility index (Phi) is 3.77. The molecule has 0 amide bonds. The van der Waals surface area contributed by atoms with E-state index in [-0.39, 0.29) is 11.1 Å². The largest absolute Gasteiger partial charge is 0.481 e. The van der Waals surface area contributed by atoms with Crippen LogP contribution in [-0.2, 0) is 15.8 Å². The summed E-state index contributed by atoms with van der Waals surface area (Å²) in [6.45, 7) is 11.3. The van der Waals surface area contributed by atoms with Gasteiger partial charge in [-0.25, -0.2) is 0 Å². The first kappa shape index (κ1) is 15.2. The average molecular weight is 297 g/mol. The lowest BCUT2D eigenvalue weighted by Gasteiger charge is -2.40. The summed E-state index contributed by atoms with van der Waals surface area (Å²) in [5.74, 6) is -0.464. The molecule has 0 aromatic carbocycles. The van der Waals surface area contributed by atoms with Crippen LogP contribution in [-0.4, -0.2) is 34.2 Å². The van der Waals surface area contributed by atoms with E-state index in [0.717, 1.165) is 5.82 Å². The summed E-state index contributed by atoms with van der Waals surface area (Å²) < 4.78 is 8.17. The van der Waals surface area contributed by atoms with Gasteiger partial charge in [0.1, 0.15) is 12.4 Å². The Morgan fingerprint density at radius 1 is 1.50 bits per heavy atom. The number of hydrogen-bond acceptors (Lipinski definition) is 4. The van der Waals surface area contributed by atoms with E-state index in [1.807, 2.05) is 0 Å². The molecule has 1 aromatic heterocycles. The lowest BCUT2D eigenvalue weighted by molar-refractivity contribution is -0.144. The number of carboxylic acid groups (broad SMARTS) is 1. The van der Waals surface area contributed by atoms with Crippen molar-refractivity contribution in [2.75, 3.05) is 0 Å². The smallest absolute Gasteiger partial charge is 0.308 e. The zero-order chi connectivity index (χ0) is 15.1. The Bertz CT molecular complexity index is 507. The monoisotopic (exact) mass is 297 g/mol. The van der Waals surface area contributed by atoms with Gasteiger partial charge in [-0.2, -0.15) is 0 Å². The highest BCUT2D eigenvalue weighted by Gasteiger charge is 2.42. The summed E-state index contributed by atoms with van der Waals surface area (Å²) >= 11 is 0. The molecule has 1 aliphatic rings. The summed E-state index contributed by atoms with van der Waals surface area (Å²) in [5, 5.41) is 17.4. The minimum absolute atomic E-state index is 0.0774. The first-order chi connectivity index (χ1) is 9.12. The summed E-state index contributed by atoms with van der Waals surface area (Å²) in [5.41, 5.74) is 0. The summed E-state index contributed by atoms with van der Waals surface area (Å²) in [7, 11) is -1.97. The number of aromatic nitrogens is 3. The van der Waals surface area contributed by atoms with Crippen LogP contribution in [0.5, 0.6) is 0 Å². The molecule has 0 aliphatic carbocycles. The molecule has 1 aromatic rings. The third-order valence-corrected chi connectivity index (χ3v) is 8.93. The van der Waals surface area contributed by atoms with Gasteiger partial charge >= 0.3 is 5.97 Å². The topological polar surface area (TPSA) is 77.2 Å². The van der Waals surface area contributed by atoms with Crippen LogP contribution in [0.15, 0.2) is 6.33 Å². The fourth-order valence-electron chi connectivity index (χ4n) is 2.14. The Balaban J connectivity index is 2.26. The lowest BCUT2D eigenvalue weighted by atomic mass is 9.98. The van der Waals surface area contributed by atoms with Gasteiger partial charge in [-0.3, -0.25) is 4.79 Å². The number of carboxylic acids is 1. The Labute approximate surface area is 120 Å². The second-order valence-corrected chi connectivity index (χ2v) is 11.7. The predicted molar refractivity (Wildman–Crippen MR) is 76.8 cm³/mol. The van der Waals surface area contributed by atoms with Gasteiger partial charge in [-0.05, 0) is 24.6 Å². The Morgan fingerprint density at radius 2 is 2.15 bits per heavy atom. The van der Waals surface area contributed by atoms with Gasteiger partial charge in [0, 0.05) is 6.54 Å². The highest BCUT2D eigenvalue weighted by atomic mass is 28.4. The maximum Gasteiger partial charge on any atom is 0.308 e. The minimum Gasteiger partial charge on any atom is -0.481 e. The highest BCUT2D eigenvalue weighted by molar-refractivity contribution is 6.74. The third-order valence-electron chi connectivity index (χ3n) is 4.44. The standard InChI is InChI=1S/C13H23N3O3Si/c1-13(2,3)20(4,5)19-10-6-9(12(17)18)7-16-8-14-15-11(10)16/h8-10H,6-7H2,1-5H3,(H,17,18). The van der Waals surface area contributed by atoms with Crippen molar-refractivity contribution in [1.82, 2.24) is 14.8 Å². The van der Waals surface area contributed by atoms with Crippen LogP contribution in [0.1, 0.15) is 39.1 Å². The third kappa shape index (κ3) is 2.78. The van der Waals surface area contributed by atoms with E-state index in [2.05, 4.69) is 44.1 Å². The van der Waals surface area contributed by atoms with Gasteiger partial charge < -0.3 is 14.1 Å². The molecule has 0 bridgehead atoms. The molecule has 0 radical (unpaired) electrons. The second kappa shape index (κ2) is 4.96. The maximum absolute atomic E-state index is 11.3. The van der Waals surface area contributed by atoms with Crippen LogP contribution in [0.3, 0.4) is 0 Å². The second-order valence-electron chi connectivity index (χ2n) is 6.98. The van der Waals surface area contributed by atoms with Crippen LogP contribution in [0.25, 0.3) is 0 Å². The van der Waals surface area contributed by atoms with Crippen LogP contribution < -0.4 is 0 Å². The van der Waals surface area contributed by atoms with E-state index >= 15 is 0 Å². The summed E-state index contributed by atoms with van der Waals surface area (Å²) in [6, 6.07) is 0. The average Bonchev–Trinajstić information content (AvgIpc) is 2.74. The molecule has 2 rings (SSSR count). The molecule has 2 unspecified atom stereocenters. The van der Waals surface area contributed by atoms with E-state index in [1.54, 1.807) is 10.9 Å². The molecule has 1 N–H and O–H groups in total. The molecule has 2 heterocycles. The Hall–Kier alpha value is -1.21. The number of carbonyl (C=O) groups is 1. The summed E-state index contributed by atoms with van der Waals surface area (Å²) in [4.78, 5) is 11.3. The summed E-state index contributed by atoms with van der Waals surface area (Å²) in [6.07, 6.45) is 1.79. The number of hydrogen-bond donors (Lipinski definition) is 1. The number of aliphatic carboxylic acids is 1. The van der Waals surface area contributed by atoms with Crippen molar-refractivity contribution in [3.05, 3.63) is 12.2 Å². The van der Waals surface area contributed by atoms with E-state index < -0.39 is 20.2 Å². The van der Waals surface area contributed by atoms with Crippen LogP contribution >= 0.6 is 0 Å². The lowest BCUT2D eigenvalue weighted by Crippen LogP contribution is -2.44. The highest BCUT2D eigenvalue weighted by Crippen LogP contribution is 2.42. The van der Waals surface area contributed by atoms with Crippen molar-refractivity contribution >= 4 is 14.3 Å². The van der Waals surface area contributed by atoms with E-state index in [9.17, 15) is 9.90 Å². The zero-order valence-electron chi connectivity index (χ0n) is 12.8. The quantitative estimate of drug-likeness (QED) is 0.867. The van der Waals surface area contributed by atoms with Gasteiger partial charge in [0.2, 0.25) is 0 Å². The van der Waals surface area contributed by atoms with Gasteiger partial charge in [0.15, 0.2) is 14.1 Å². The van der Waals surface area contributed by atoms with E-state index in [4.69, 9.17) is 4.43 Å². The fraction of sp³-hybridized carbons (Fsp3) is 0.769. The molecule has 1 aliphatic heterocycles. The van der Waals surface area contributed by atoms with Crippen LogP contribution in [0.4, 0.5) is 0 Å². The van der Waals surface area contributed by atoms with Crippen LogP contribution in [0, 0.1) is 5.92 Å². The SMILES string of the molecule is CC(C)(C)[Si](C)(C)OC1CC(C(=O)O)Cn2cnnc21. The molecular formula is C13H23N3O3Si. The zero-order valence-corrected chi connectivity index (χ0v) is 13.8. The van der Waals surface area contributed by atoms with E-state index in [0.29, 0.717) is 13.0 Å². The number of fused-ring (bicyclic) bond motifs is 1. The number of rotatable bonds is 3. The first-order valence-electron chi connectivity index (χ1n) is 6.90. The van der Waals surface area contributed by atoms with Gasteiger partial charge in [-0.1, -0.05) is 20.8 Å². The van der Waals surface area contributed by atoms with Crippen molar-refractivity contribution in [1.29, 1.82) is 0 Å². The van der Waals surface area contributed by atoms with Gasteiger partial charge in [0.25, 0.3) is 0 Å². The molecule has 0 spiro atoms. The molecule has 0 saturated heterocycles. The maximum atomic E-state index is 11.3. The van der Waals surface area contributed by atoms with Crippen molar-refractivity contribution < 1.29 is 14.3 Å². The Morgan fingerprint density at radius 3 is 2.70 bits per heavy atom. The normalized spacial score (nSPS) is 23.4. The first-order valence-corrected chi connectivity index (χ1v) is 9.81. The molecule has 6 nitrogen and oxygen atoms in total. The van der Waals surface area contributed by atoms with Crippen LogP contribution in [0.2, 0.25) is 18.1 Å². The van der Waals surface area contributed by atoms with Crippen molar-refractivity contribution in [3.63, 3.8) is 0 Å². The van der Waals surface area contributed by atoms with Crippen molar-refractivity contribution in [2.24, 2.45) is 5.92 Å². The molecule has 0 saturated carbocycles. The molecule has 7 heteroatoms. The van der Waals surface area contributed by atoms with E-state index in [1.165, 1.54) is 0 Å². The van der Waals surface area contributed by atoms with Crippen molar-refractivity contribution in [3.8, 4) is 0 Å². The molecular weight excluding hydrogens is 274 g/mol. The minimum atomic E-state index is -1.97. The fourth-order valence-corrected chi connectivity index (χ4v) is 3.41. The molecule has 0 fully saturated rings.